The Kier molecular flexibility index (Phi) is 6.53. The summed E-state index contributed by atoms with van der Waals surface area (Å²) < 4.78 is 15.5. The Labute approximate surface area is 205 Å². The average molecular weight is 493 g/mol. The Morgan fingerprint density at radius 3 is 2.60 bits per heavy atom. The molecule has 0 radical (unpaired) electrons. The number of rotatable bonds is 6. The van der Waals surface area contributed by atoms with Crippen LogP contribution in [0.15, 0.2) is 47.3 Å². The highest BCUT2D eigenvalue weighted by molar-refractivity contribution is 6.35. The van der Waals surface area contributed by atoms with Crippen LogP contribution in [-0.4, -0.2) is 19.5 Å². The van der Waals surface area contributed by atoms with Gasteiger partial charge in [0, 0.05) is 0 Å². The van der Waals surface area contributed by atoms with Crippen molar-refractivity contribution in [2.45, 2.75) is 26.3 Å². The van der Waals surface area contributed by atoms with E-state index in [1.165, 1.54) is 22.8 Å². The van der Waals surface area contributed by atoms with Crippen molar-refractivity contribution in [2.24, 2.45) is 5.92 Å². The molecule has 0 saturated heterocycles. The van der Waals surface area contributed by atoms with Crippen LogP contribution in [0.25, 0.3) is 16.6 Å². The van der Waals surface area contributed by atoms with Crippen LogP contribution in [0, 0.1) is 23.1 Å². The van der Waals surface area contributed by atoms with E-state index in [2.05, 4.69) is 15.3 Å². The molecule has 11 heteroatoms. The minimum Gasteiger partial charge on any atom is -0.382 e. The topological polar surface area (TPSA) is 149 Å². The summed E-state index contributed by atoms with van der Waals surface area (Å²) in [4.78, 5) is 26.5. The summed E-state index contributed by atoms with van der Waals surface area (Å²) >= 11 is 6.35. The van der Waals surface area contributed by atoms with Crippen molar-refractivity contribution < 1.29 is 4.39 Å². The second-order valence-electron chi connectivity index (χ2n) is 8.35. The molecular weight excluding hydrogens is 471 g/mol. The lowest BCUT2D eigenvalue weighted by atomic mass is 10.0. The third-order valence-corrected chi connectivity index (χ3v) is 5.65. The van der Waals surface area contributed by atoms with Crippen molar-refractivity contribution >= 4 is 40.1 Å². The first kappa shape index (κ1) is 23.9. The monoisotopic (exact) mass is 492 g/mol. The summed E-state index contributed by atoms with van der Waals surface area (Å²) in [5.74, 6) is -0.198. The van der Waals surface area contributed by atoms with E-state index < -0.39 is 17.4 Å². The van der Waals surface area contributed by atoms with Crippen molar-refractivity contribution in [1.29, 1.82) is 5.26 Å². The lowest BCUT2D eigenvalue weighted by molar-refractivity contribution is 0.506. The summed E-state index contributed by atoms with van der Waals surface area (Å²) in [6.45, 7) is 3.98. The van der Waals surface area contributed by atoms with Crippen molar-refractivity contribution in [1.82, 2.24) is 19.5 Å². The van der Waals surface area contributed by atoms with Crippen LogP contribution in [0.3, 0.4) is 0 Å². The van der Waals surface area contributed by atoms with E-state index in [4.69, 9.17) is 28.1 Å². The molecule has 0 saturated carbocycles. The van der Waals surface area contributed by atoms with Gasteiger partial charge in [-0.05, 0) is 42.7 Å². The maximum absolute atomic E-state index is 14.2. The van der Waals surface area contributed by atoms with Gasteiger partial charge in [0.05, 0.1) is 27.7 Å². The maximum atomic E-state index is 14.2. The molecule has 5 N–H and O–H groups in total. The molecule has 0 amide bonds. The van der Waals surface area contributed by atoms with E-state index >= 15 is 0 Å². The molecule has 2 aromatic heterocycles. The molecule has 0 spiro atoms. The second kappa shape index (κ2) is 9.56. The minimum atomic E-state index is -0.643. The molecule has 4 aromatic rings. The first-order valence-corrected chi connectivity index (χ1v) is 11.1. The van der Waals surface area contributed by atoms with Crippen molar-refractivity contribution in [3.8, 4) is 11.8 Å². The van der Waals surface area contributed by atoms with Gasteiger partial charge in [0.1, 0.15) is 29.1 Å². The van der Waals surface area contributed by atoms with Crippen LogP contribution < -0.4 is 22.3 Å². The zero-order valence-corrected chi connectivity index (χ0v) is 19.7. The standard InChI is InChI=1S/C24H22ClFN8O/c1-12(2)9-18(30-21-15(11-27)20(28)32-24(29)33-21)22-31-17-8-4-7-16(25)19(17)23(35)34(22)14-6-3-5-13(26)10-14/h3-8,10,12,18H,9H2,1-2H3,(H5,28,29,30,32,33). The number of fused-ring (bicyclic) bond motifs is 1. The number of nitrogen functional groups attached to an aromatic ring is 2. The van der Waals surface area contributed by atoms with E-state index in [9.17, 15) is 14.4 Å². The second-order valence-corrected chi connectivity index (χ2v) is 8.76. The fourth-order valence-corrected chi connectivity index (χ4v) is 4.13. The molecule has 0 aliphatic heterocycles. The lowest BCUT2D eigenvalue weighted by Gasteiger charge is -2.25. The van der Waals surface area contributed by atoms with Crippen LogP contribution in [-0.2, 0) is 0 Å². The average Bonchev–Trinajstić information content (AvgIpc) is 2.78. The first-order valence-electron chi connectivity index (χ1n) is 10.8. The number of nitriles is 1. The van der Waals surface area contributed by atoms with Gasteiger partial charge in [0.2, 0.25) is 5.95 Å². The molecule has 0 aliphatic rings. The van der Waals surface area contributed by atoms with Gasteiger partial charge in [-0.15, -0.1) is 0 Å². The Balaban J connectivity index is 2.02. The number of aromatic nitrogens is 4. The van der Waals surface area contributed by atoms with Gasteiger partial charge in [-0.25, -0.2) is 9.37 Å². The summed E-state index contributed by atoms with van der Waals surface area (Å²) in [5.41, 5.74) is 11.9. The highest BCUT2D eigenvalue weighted by Gasteiger charge is 2.25. The number of halogens is 2. The Hall–Kier alpha value is -4.23. The molecule has 178 valence electrons. The zero-order valence-electron chi connectivity index (χ0n) is 19.0. The Bertz CT molecular complexity index is 1530. The predicted molar refractivity (Wildman–Crippen MR) is 134 cm³/mol. The van der Waals surface area contributed by atoms with Crippen molar-refractivity contribution in [3.05, 3.63) is 75.0 Å². The van der Waals surface area contributed by atoms with E-state index in [-0.39, 0.29) is 51.0 Å². The quantitative estimate of drug-likeness (QED) is 0.362. The fraction of sp³-hybridized carbons (Fsp3) is 0.208. The van der Waals surface area contributed by atoms with Crippen LogP contribution in [0.1, 0.15) is 37.7 Å². The number of anilines is 3. The van der Waals surface area contributed by atoms with Gasteiger partial charge in [0.25, 0.3) is 5.56 Å². The van der Waals surface area contributed by atoms with Crippen molar-refractivity contribution in [2.75, 3.05) is 16.8 Å². The number of hydrogen-bond donors (Lipinski definition) is 3. The van der Waals surface area contributed by atoms with Crippen molar-refractivity contribution in [3.63, 3.8) is 0 Å². The summed E-state index contributed by atoms with van der Waals surface area (Å²) in [7, 11) is 0. The largest absolute Gasteiger partial charge is 0.382 e. The molecule has 1 unspecified atom stereocenters. The lowest BCUT2D eigenvalue weighted by Crippen LogP contribution is -2.29. The third kappa shape index (κ3) is 4.72. The molecule has 2 heterocycles. The SMILES string of the molecule is CC(C)CC(Nc1nc(N)nc(N)c1C#N)c1nc2cccc(Cl)c2c(=O)n1-c1cccc(F)c1. The summed E-state index contributed by atoms with van der Waals surface area (Å²) in [6.07, 6.45) is 0.475. The Morgan fingerprint density at radius 1 is 1.17 bits per heavy atom. The van der Waals surface area contributed by atoms with Gasteiger partial charge in [0.15, 0.2) is 5.82 Å². The van der Waals surface area contributed by atoms with E-state index in [1.54, 1.807) is 24.3 Å². The van der Waals surface area contributed by atoms with Gasteiger partial charge < -0.3 is 16.8 Å². The molecule has 0 aliphatic carbocycles. The highest BCUT2D eigenvalue weighted by atomic mass is 35.5. The van der Waals surface area contributed by atoms with E-state index in [0.29, 0.717) is 11.9 Å². The molecular formula is C24H22ClFN8O. The summed E-state index contributed by atoms with van der Waals surface area (Å²) in [5, 5.41) is 13.2. The van der Waals surface area contributed by atoms with Crippen LogP contribution in [0.4, 0.5) is 22.0 Å². The Morgan fingerprint density at radius 2 is 1.91 bits per heavy atom. The summed E-state index contributed by atoms with van der Waals surface area (Å²) in [6, 6.07) is 11.9. The molecule has 4 rings (SSSR count). The maximum Gasteiger partial charge on any atom is 0.267 e. The van der Waals surface area contributed by atoms with Gasteiger partial charge in [-0.1, -0.05) is 37.6 Å². The fourth-order valence-electron chi connectivity index (χ4n) is 3.88. The number of benzene rings is 2. The van der Waals surface area contributed by atoms with Gasteiger partial charge >= 0.3 is 0 Å². The van der Waals surface area contributed by atoms with Crippen LogP contribution in [0.5, 0.6) is 0 Å². The number of nitrogens with zero attached hydrogens (tertiary/aromatic N) is 5. The first-order chi connectivity index (χ1) is 16.7. The molecule has 1 atom stereocenters. The highest BCUT2D eigenvalue weighted by Crippen LogP contribution is 2.30. The molecule has 0 fully saturated rings. The number of nitrogens with two attached hydrogens (primary N) is 2. The normalized spacial score (nSPS) is 12.0. The number of hydrogen-bond acceptors (Lipinski definition) is 8. The smallest absolute Gasteiger partial charge is 0.267 e. The minimum absolute atomic E-state index is 0.0106. The molecule has 35 heavy (non-hydrogen) atoms. The van der Waals surface area contributed by atoms with E-state index in [0.717, 1.165) is 0 Å². The third-order valence-electron chi connectivity index (χ3n) is 5.33. The molecule has 2 aromatic carbocycles. The van der Waals surface area contributed by atoms with Gasteiger partial charge in [-0.3, -0.25) is 9.36 Å². The van der Waals surface area contributed by atoms with Gasteiger partial charge in [-0.2, -0.15) is 15.2 Å². The number of nitrogens with one attached hydrogen (secondary N) is 1. The molecule has 0 bridgehead atoms. The van der Waals surface area contributed by atoms with Crippen LogP contribution >= 0.6 is 11.6 Å². The predicted octanol–water partition coefficient (Wildman–Crippen LogP) is 4.20. The molecule has 9 nitrogen and oxygen atoms in total. The van der Waals surface area contributed by atoms with E-state index in [1.807, 2.05) is 19.9 Å². The zero-order chi connectivity index (χ0) is 25.3. The van der Waals surface area contributed by atoms with Crippen LogP contribution in [0.2, 0.25) is 5.02 Å².